The van der Waals surface area contributed by atoms with E-state index in [4.69, 9.17) is 0 Å². The Balaban J connectivity index is 2.16. The monoisotopic (exact) mass is 304 g/mol. The molecule has 1 aromatic carbocycles. The van der Waals surface area contributed by atoms with Gasteiger partial charge in [-0.25, -0.2) is 13.1 Å². The number of amides is 1. The average Bonchev–Trinajstić information content (AvgIpc) is 2.43. The Morgan fingerprint density at radius 3 is 2.67 bits per heavy atom. The van der Waals surface area contributed by atoms with Crippen LogP contribution >= 0.6 is 0 Å². The lowest BCUT2D eigenvalue weighted by atomic mass is 10.1. The fourth-order valence-electron chi connectivity index (χ4n) is 1.89. The molecule has 21 heavy (non-hydrogen) atoms. The number of aromatic nitrogens is 1. The van der Waals surface area contributed by atoms with Crippen LogP contribution in [-0.2, 0) is 15.8 Å². The molecule has 1 heterocycles. The van der Waals surface area contributed by atoms with E-state index in [-0.39, 0.29) is 11.3 Å². The minimum absolute atomic E-state index is 0.210. The summed E-state index contributed by atoms with van der Waals surface area (Å²) in [6.45, 7) is 3.73. The van der Waals surface area contributed by atoms with Crippen LogP contribution in [0.2, 0.25) is 0 Å². The van der Waals surface area contributed by atoms with Crippen molar-refractivity contribution in [3.8, 4) is 0 Å². The lowest BCUT2D eigenvalue weighted by molar-refractivity contribution is 0.0981. The molecule has 0 aliphatic rings. The van der Waals surface area contributed by atoms with Gasteiger partial charge in [0.15, 0.2) is 0 Å². The van der Waals surface area contributed by atoms with Crippen molar-refractivity contribution >= 4 is 15.9 Å². The summed E-state index contributed by atoms with van der Waals surface area (Å²) in [6, 6.07) is 8.67. The van der Waals surface area contributed by atoms with Crippen molar-refractivity contribution in [3.63, 3.8) is 0 Å². The number of carbonyl (C=O) groups is 1. The first-order valence-electron chi connectivity index (χ1n) is 6.38. The van der Waals surface area contributed by atoms with Crippen LogP contribution in [0.1, 0.15) is 27.0 Å². The van der Waals surface area contributed by atoms with Crippen LogP contribution in [0.25, 0.3) is 0 Å². The van der Waals surface area contributed by atoms with Gasteiger partial charge in [-0.2, -0.15) is 0 Å². The van der Waals surface area contributed by atoms with Gasteiger partial charge in [0.2, 0.25) is 10.0 Å². The molecule has 0 aliphatic heterocycles. The van der Waals surface area contributed by atoms with Crippen LogP contribution in [0.3, 0.4) is 0 Å². The molecule has 1 aromatic heterocycles. The Labute approximate surface area is 124 Å². The molecule has 0 unspecified atom stereocenters. The number of carbonyl (C=O) groups excluding carboxylic acids is 1. The van der Waals surface area contributed by atoms with E-state index in [2.05, 4.69) is 9.71 Å². The lowest BCUT2D eigenvalue weighted by Crippen LogP contribution is -2.31. The second-order valence-corrected chi connectivity index (χ2v) is 6.58. The van der Waals surface area contributed by atoms with E-state index in [0.717, 1.165) is 11.1 Å². The average molecular weight is 304 g/mol. The first-order chi connectivity index (χ1) is 9.87. The maximum Gasteiger partial charge on any atom is 0.266 e. The highest BCUT2D eigenvalue weighted by atomic mass is 32.2. The second-order valence-electron chi connectivity index (χ2n) is 4.86. The zero-order valence-corrected chi connectivity index (χ0v) is 12.6. The normalized spacial score (nSPS) is 11.1. The van der Waals surface area contributed by atoms with E-state index in [1.165, 1.54) is 18.5 Å². The zero-order chi connectivity index (χ0) is 15.5. The first-order valence-corrected chi connectivity index (χ1v) is 8.03. The summed E-state index contributed by atoms with van der Waals surface area (Å²) in [7, 11) is -3.75. The molecule has 6 heteroatoms. The fraction of sp³-hybridized carbons (Fsp3) is 0.200. The third-order valence-corrected chi connectivity index (χ3v) is 4.21. The molecule has 0 bridgehead atoms. The number of nitrogens with one attached hydrogen (secondary N) is 1. The van der Waals surface area contributed by atoms with Crippen molar-refractivity contribution < 1.29 is 13.2 Å². The highest BCUT2D eigenvalue weighted by Crippen LogP contribution is 2.13. The maximum atomic E-state index is 12.1. The number of aryl methyl sites for hydroxylation is 2. The SMILES string of the molecule is Cc1ccc(C)c(CS(=O)(=O)NC(=O)c2cccnc2)c1. The molecule has 0 fully saturated rings. The number of nitrogens with zero attached hydrogens (tertiary/aromatic N) is 1. The van der Waals surface area contributed by atoms with Gasteiger partial charge in [-0.05, 0) is 37.1 Å². The van der Waals surface area contributed by atoms with Crippen molar-refractivity contribution in [1.29, 1.82) is 0 Å². The molecule has 0 radical (unpaired) electrons. The van der Waals surface area contributed by atoms with Crippen molar-refractivity contribution in [1.82, 2.24) is 9.71 Å². The molecular weight excluding hydrogens is 288 g/mol. The molecule has 110 valence electrons. The predicted molar refractivity (Wildman–Crippen MR) is 80.2 cm³/mol. The second kappa shape index (κ2) is 6.05. The van der Waals surface area contributed by atoms with Crippen molar-refractivity contribution in [2.45, 2.75) is 19.6 Å². The van der Waals surface area contributed by atoms with Crippen LogP contribution in [0, 0.1) is 13.8 Å². The molecule has 2 rings (SSSR count). The van der Waals surface area contributed by atoms with Crippen molar-refractivity contribution in [3.05, 3.63) is 65.0 Å². The Hall–Kier alpha value is -2.21. The Kier molecular flexibility index (Phi) is 4.37. The zero-order valence-electron chi connectivity index (χ0n) is 11.8. The summed E-state index contributed by atoms with van der Waals surface area (Å²) < 4.78 is 26.3. The maximum absolute atomic E-state index is 12.1. The number of pyridine rings is 1. The van der Waals surface area contributed by atoms with Gasteiger partial charge >= 0.3 is 0 Å². The molecule has 0 saturated heterocycles. The smallest absolute Gasteiger partial charge is 0.266 e. The third-order valence-electron chi connectivity index (χ3n) is 3.02. The van der Waals surface area contributed by atoms with Crippen LogP contribution < -0.4 is 4.72 Å². The van der Waals surface area contributed by atoms with Crippen molar-refractivity contribution in [2.75, 3.05) is 0 Å². The van der Waals surface area contributed by atoms with Crippen LogP contribution in [0.4, 0.5) is 0 Å². The summed E-state index contributed by atoms with van der Waals surface area (Å²) in [5.74, 6) is -0.902. The summed E-state index contributed by atoms with van der Waals surface area (Å²) in [6.07, 6.45) is 2.84. The Bertz CT molecular complexity index is 756. The number of benzene rings is 1. The van der Waals surface area contributed by atoms with Gasteiger partial charge in [-0.3, -0.25) is 9.78 Å². The number of sulfonamides is 1. The molecule has 1 N–H and O–H groups in total. The Morgan fingerprint density at radius 2 is 2.00 bits per heavy atom. The van der Waals surface area contributed by atoms with Gasteiger partial charge in [0.25, 0.3) is 5.91 Å². The van der Waals surface area contributed by atoms with E-state index in [0.29, 0.717) is 5.56 Å². The molecule has 0 spiro atoms. The van der Waals surface area contributed by atoms with Gasteiger partial charge in [0, 0.05) is 12.4 Å². The van der Waals surface area contributed by atoms with Gasteiger partial charge in [-0.15, -0.1) is 0 Å². The van der Waals surface area contributed by atoms with E-state index in [1.807, 2.05) is 32.0 Å². The third kappa shape index (κ3) is 4.13. The summed E-state index contributed by atoms with van der Waals surface area (Å²) in [5, 5.41) is 0. The summed E-state index contributed by atoms with van der Waals surface area (Å²) >= 11 is 0. The first kappa shape index (κ1) is 15.2. The fourth-order valence-corrected chi connectivity index (χ4v) is 3.09. The van der Waals surface area contributed by atoms with Gasteiger partial charge in [0.1, 0.15) is 0 Å². The molecule has 0 aliphatic carbocycles. The standard InChI is InChI=1S/C15H16N2O3S/c1-11-5-6-12(2)14(8-11)10-21(19,20)17-15(18)13-4-3-7-16-9-13/h3-9H,10H2,1-2H3,(H,17,18). The van der Waals surface area contributed by atoms with Crippen LogP contribution in [-0.4, -0.2) is 19.3 Å². The van der Waals surface area contributed by atoms with Gasteiger partial charge in [-0.1, -0.05) is 23.8 Å². The summed E-state index contributed by atoms with van der Waals surface area (Å²) in [4.78, 5) is 15.7. The van der Waals surface area contributed by atoms with E-state index in [1.54, 1.807) is 6.07 Å². The van der Waals surface area contributed by atoms with E-state index >= 15 is 0 Å². The van der Waals surface area contributed by atoms with Gasteiger partial charge in [0.05, 0.1) is 11.3 Å². The minimum Gasteiger partial charge on any atom is -0.268 e. The van der Waals surface area contributed by atoms with Crippen LogP contribution in [0.15, 0.2) is 42.7 Å². The molecule has 2 aromatic rings. The topological polar surface area (TPSA) is 76.1 Å². The largest absolute Gasteiger partial charge is 0.268 e. The highest BCUT2D eigenvalue weighted by Gasteiger charge is 2.18. The minimum atomic E-state index is -3.75. The van der Waals surface area contributed by atoms with Gasteiger partial charge < -0.3 is 0 Å². The van der Waals surface area contributed by atoms with E-state index in [9.17, 15) is 13.2 Å². The molecule has 1 amide bonds. The Morgan fingerprint density at radius 1 is 1.24 bits per heavy atom. The highest BCUT2D eigenvalue weighted by molar-refractivity contribution is 7.89. The molecular formula is C15H16N2O3S. The molecule has 5 nitrogen and oxygen atoms in total. The summed E-state index contributed by atoms with van der Waals surface area (Å²) in [5.41, 5.74) is 2.74. The number of rotatable bonds is 4. The van der Waals surface area contributed by atoms with Crippen LogP contribution in [0.5, 0.6) is 0 Å². The van der Waals surface area contributed by atoms with Crippen molar-refractivity contribution in [2.24, 2.45) is 0 Å². The number of hydrogen-bond acceptors (Lipinski definition) is 4. The molecule has 0 atom stereocenters. The molecule has 0 saturated carbocycles. The predicted octanol–water partition coefficient (Wildman–Crippen LogP) is 1.96. The number of hydrogen-bond donors (Lipinski definition) is 1. The van der Waals surface area contributed by atoms with E-state index < -0.39 is 15.9 Å². The quantitative estimate of drug-likeness (QED) is 0.937. The lowest BCUT2D eigenvalue weighted by Gasteiger charge is -2.09.